The summed E-state index contributed by atoms with van der Waals surface area (Å²) < 4.78 is 23.8. The Morgan fingerprint density at radius 3 is 2.38 bits per heavy atom. The van der Waals surface area contributed by atoms with Crippen LogP contribution >= 0.6 is 0 Å². The molecule has 3 rings (SSSR count). The highest BCUT2D eigenvalue weighted by Gasteiger charge is 2.32. The molecular weight excluding hydrogens is 484 g/mol. The number of hydrogen-bond donors (Lipinski definition) is 1. The molecule has 2 aromatic carbocycles. The summed E-state index contributed by atoms with van der Waals surface area (Å²) in [6.07, 6.45) is 3.53. The number of hydrogen-bond acceptors (Lipinski definition) is 5. The lowest BCUT2D eigenvalue weighted by atomic mass is 9.93. The van der Waals surface area contributed by atoms with Gasteiger partial charge in [0.25, 0.3) is 5.91 Å². The molecule has 6 nitrogen and oxygen atoms in total. The maximum Gasteiger partial charge on any atom is 0.254 e. The molecule has 1 heterocycles. The summed E-state index contributed by atoms with van der Waals surface area (Å²) in [6.45, 7) is 15.9. The maximum absolute atomic E-state index is 13.7. The zero-order valence-electron chi connectivity index (χ0n) is 23.6. The first-order valence-corrected chi connectivity index (χ1v) is 15.1. The van der Waals surface area contributed by atoms with Gasteiger partial charge in [0.1, 0.15) is 5.60 Å². The van der Waals surface area contributed by atoms with Gasteiger partial charge in [0.05, 0.1) is 9.73 Å². The monoisotopic (exact) mass is 528 g/mol. The van der Waals surface area contributed by atoms with E-state index in [1.165, 1.54) is 5.56 Å². The van der Waals surface area contributed by atoms with Gasteiger partial charge < -0.3 is 9.84 Å². The van der Waals surface area contributed by atoms with Crippen molar-refractivity contribution in [2.24, 2.45) is 4.36 Å². The van der Waals surface area contributed by atoms with Gasteiger partial charge in [0.15, 0.2) is 11.5 Å². The molecular formula is C30H44N2O4S. The van der Waals surface area contributed by atoms with Crippen LogP contribution in [0.15, 0.2) is 45.7 Å². The van der Waals surface area contributed by atoms with Gasteiger partial charge in [-0.3, -0.25) is 9.69 Å². The van der Waals surface area contributed by atoms with Crippen molar-refractivity contribution in [3.63, 3.8) is 0 Å². The third-order valence-corrected chi connectivity index (χ3v) is 9.24. The van der Waals surface area contributed by atoms with E-state index in [1.807, 2.05) is 58.9 Å². The van der Waals surface area contributed by atoms with Crippen LogP contribution in [0.25, 0.3) is 0 Å². The maximum atomic E-state index is 13.7. The van der Waals surface area contributed by atoms with E-state index in [9.17, 15) is 14.1 Å². The number of aryl methyl sites for hydroxylation is 1. The molecule has 0 bridgehead atoms. The van der Waals surface area contributed by atoms with Crippen molar-refractivity contribution >= 4 is 15.6 Å². The van der Waals surface area contributed by atoms with Gasteiger partial charge in [-0.25, -0.2) is 4.21 Å². The second-order valence-electron chi connectivity index (χ2n) is 11.7. The molecule has 0 fully saturated rings. The number of carbonyl (C=O) groups excluding carboxylic acids is 1. The second-order valence-corrected chi connectivity index (χ2v) is 14.0. The van der Waals surface area contributed by atoms with Crippen LogP contribution in [0.3, 0.4) is 0 Å². The van der Waals surface area contributed by atoms with Gasteiger partial charge >= 0.3 is 0 Å². The number of amides is 1. The van der Waals surface area contributed by atoms with Crippen LogP contribution in [-0.2, 0) is 34.0 Å². The summed E-state index contributed by atoms with van der Waals surface area (Å²) in [5.41, 5.74) is 3.07. The van der Waals surface area contributed by atoms with Crippen LogP contribution in [0.4, 0.5) is 0 Å². The summed E-state index contributed by atoms with van der Waals surface area (Å²) in [4.78, 5) is 15.4. The lowest BCUT2D eigenvalue weighted by Crippen LogP contribution is -2.40. The van der Waals surface area contributed by atoms with Gasteiger partial charge in [-0.2, -0.15) is 4.36 Å². The Balaban J connectivity index is 1.75. The van der Waals surface area contributed by atoms with Crippen molar-refractivity contribution in [1.29, 1.82) is 0 Å². The zero-order chi connectivity index (χ0) is 27.4. The number of nitrogens with zero attached hydrogens (tertiary/aromatic N) is 2. The minimum Gasteiger partial charge on any atom is -0.504 e. The van der Waals surface area contributed by atoms with Gasteiger partial charge in [0.2, 0.25) is 0 Å². The number of carbonyl (C=O) groups is 1. The van der Waals surface area contributed by atoms with Gasteiger partial charge in [-0.05, 0) is 101 Å². The Morgan fingerprint density at radius 2 is 1.73 bits per heavy atom. The summed E-state index contributed by atoms with van der Waals surface area (Å²) in [7, 11) is -2.76. The highest BCUT2D eigenvalue weighted by molar-refractivity contribution is 7.94. The average Bonchev–Trinajstić information content (AvgIpc) is 3.23. The fourth-order valence-corrected chi connectivity index (χ4v) is 6.66. The predicted octanol–water partition coefficient (Wildman–Crippen LogP) is 6.86. The van der Waals surface area contributed by atoms with E-state index >= 15 is 0 Å². The van der Waals surface area contributed by atoms with Crippen molar-refractivity contribution in [3.05, 3.63) is 53.1 Å². The van der Waals surface area contributed by atoms with Crippen LogP contribution in [0.1, 0.15) is 90.8 Å². The first-order chi connectivity index (χ1) is 17.3. The fourth-order valence-electron chi connectivity index (χ4n) is 4.65. The number of phenolic OH excluding ortho intramolecular Hbond substituents is 1. The van der Waals surface area contributed by atoms with E-state index in [0.717, 1.165) is 37.1 Å². The molecule has 37 heavy (non-hydrogen) atoms. The Kier molecular flexibility index (Phi) is 9.12. The molecule has 1 aliphatic rings. The normalized spacial score (nSPS) is 15.8. The highest BCUT2D eigenvalue weighted by atomic mass is 32.2. The third kappa shape index (κ3) is 7.57. The first kappa shape index (κ1) is 29.2. The van der Waals surface area contributed by atoms with Crippen molar-refractivity contribution in [2.75, 3.05) is 5.75 Å². The summed E-state index contributed by atoms with van der Waals surface area (Å²) in [5.74, 6) is 0.799. The highest BCUT2D eigenvalue weighted by Crippen LogP contribution is 2.35. The Bertz CT molecular complexity index is 1240. The van der Waals surface area contributed by atoms with E-state index in [-0.39, 0.29) is 22.8 Å². The predicted molar refractivity (Wildman–Crippen MR) is 150 cm³/mol. The van der Waals surface area contributed by atoms with Gasteiger partial charge in [0, 0.05) is 35.7 Å². The lowest BCUT2D eigenvalue weighted by Gasteiger charge is -2.35. The van der Waals surface area contributed by atoms with Crippen LogP contribution in [-0.4, -0.2) is 37.0 Å². The summed E-state index contributed by atoms with van der Waals surface area (Å²) >= 11 is 0. The van der Waals surface area contributed by atoms with Crippen LogP contribution in [0.2, 0.25) is 0 Å². The summed E-state index contributed by atoms with van der Waals surface area (Å²) in [5, 5.41) is 10.2. The van der Waals surface area contributed by atoms with E-state index in [0.29, 0.717) is 35.7 Å². The Labute approximate surface area is 223 Å². The largest absolute Gasteiger partial charge is 0.504 e. The van der Waals surface area contributed by atoms with Gasteiger partial charge in [-0.1, -0.05) is 26.0 Å². The van der Waals surface area contributed by atoms with Crippen molar-refractivity contribution < 1.29 is 18.8 Å². The number of rotatable bonds is 10. The van der Waals surface area contributed by atoms with Crippen molar-refractivity contribution in [2.45, 2.75) is 110 Å². The van der Waals surface area contributed by atoms with E-state index < -0.39 is 9.73 Å². The average molecular weight is 529 g/mol. The topological polar surface area (TPSA) is 79.2 Å². The molecule has 204 valence electrons. The van der Waals surface area contributed by atoms with Crippen molar-refractivity contribution in [3.8, 4) is 11.5 Å². The molecule has 0 radical (unpaired) electrons. The first-order valence-electron chi connectivity index (χ1n) is 13.4. The molecule has 0 saturated heterocycles. The van der Waals surface area contributed by atoms with Crippen LogP contribution in [0, 0.1) is 0 Å². The Morgan fingerprint density at radius 1 is 1.03 bits per heavy atom. The second kappa shape index (κ2) is 11.6. The van der Waals surface area contributed by atoms with E-state index in [4.69, 9.17) is 4.74 Å². The van der Waals surface area contributed by atoms with Crippen LogP contribution < -0.4 is 4.74 Å². The van der Waals surface area contributed by atoms with Crippen molar-refractivity contribution in [1.82, 2.24) is 4.90 Å². The lowest BCUT2D eigenvalue weighted by molar-refractivity contribution is -0.117. The molecule has 1 aliphatic heterocycles. The number of fused-ring (bicyclic) bond motifs is 1. The molecule has 1 N–H and O–H groups in total. The minimum absolute atomic E-state index is 0.0750. The number of aromatic hydroxyl groups is 1. The smallest absolute Gasteiger partial charge is 0.254 e. The standard InChI is InChI=1S/C30H44N2O4S/c1-8-10-28(34)31-37(35,17-9-2)25-13-12-23-20-32(21-24(23)19-25)30(6,7)16-15-22-11-14-26(33)27(18-22)36-29(3,4)5/h11-14,18-19,33H,8-10,15-17,20-21H2,1-7H3. The number of phenols is 1. The quantitative estimate of drug-likeness (QED) is 0.364. The number of ether oxygens (including phenoxy) is 1. The minimum atomic E-state index is -2.76. The molecule has 0 spiro atoms. The molecule has 1 unspecified atom stereocenters. The molecule has 2 aromatic rings. The fraction of sp³-hybridized carbons (Fsp3) is 0.567. The molecule has 1 amide bonds. The van der Waals surface area contributed by atoms with Gasteiger partial charge in [-0.15, -0.1) is 0 Å². The summed E-state index contributed by atoms with van der Waals surface area (Å²) in [6, 6.07) is 11.6. The molecule has 0 aromatic heterocycles. The molecule has 7 heteroatoms. The van der Waals surface area contributed by atoms with E-state index in [2.05, 4.69) is 29.2 Å². The molecule has 0 saturated carbocycles. The Hall–Kier alpha value is -2.38. The van der Waals surface area contributed by atoms with E-state index in [1.54, 1.807) is 6.07 Å². The number of benzene rings is 2. The third-order valence-electron chi connectivity index (χ3n) is 6.78. The molecule has 0 aliphatic carbocycles. The SMILES string of the molecule is CCCC(=O)N=S(=O)(CCC)c1ccc2c(c1)CN(C(C)(C)CCc1ccc(O)c(OC(C)(C)C)c1)C2. The zero-order valence-corrected chi connectivity index (χ0v) is 24.4. The van der Waals surface area contributed by atoms with Crippen LogP contribution in [0.5, 0.6) is 11.5 Å². The molecule has 1 atom stereocenters.